The molecule has 6 nitrogen and oxygen atoms in total. The predicted octanol–water partition coefficient (Wildman–Crippen LogP) is 5.04. The fourth-order valence-corrected chi connectivity index (χ4v) is 2.72. The number of aliphatic carboxylic acids is 1. The van der Waals surface area contributed by atoms with E-state index in [1.54, 1.807) is 42.5 Å². The molecule has 0 aliphatic carbocycles. The predicted molar refractivity (Wildman–Crippen MR) is 120 cm³/mol. The highest BCUT2D eigenvalue weighted by Gasteiger charge is 2.14. The summed E-state index contributed by atoms with van der Waals surface area (Å²) in [5.74, 6) is -0.433. The maximum atomic E-state index is 10.8. The molecular formula is C25H24N2O4. The smallest absolute Gasteiger partial charge is 0.305 e. The first-order chi connectivity index (χ1) is 15.0. The van der Waals surface area contributed by atoms with Gasteiger partial charge in [-0.15, -0.1) is 0 Å². The fraction of sp³-hybridized carbons (Fsp3) is 0.160. The van der Waals surface area contributed by atoms with Crippen LogP contribution in [-0.4, -0.2) is 23.4 Å². The van der Waals surface area contributed by atoms with E-state index in [-0.39, 0.29) is 13.0 Å². The van der Waals surface area contributed by atoms with E-state index in [0.717, 1.165) is 5.56 Å². The standard InChI is InChI=1S/C25H24N2O4/c1-3-5-19(4-2)24(27)17-31-22-10-6-18(7-11-22)16-30-23-12-8-20(9-13-23)21(15-26)14-25(28)29/h3-13,21,27H,1-2,14,16-17H2,(H,28,29)/b19-5+,27-24?. The van der Waals surface area contributed by atoms with Crippen molar-refractivity contribution in [1.29, 1.82) is 10.7 Å². The van der Waals surface area contributed by atoms with Gasteiger partial charge in [0.15, 0.2) is 0 Å². The number of carbonyl (C=O) groups is 1. The van der Waals surface area contributed by atoms with Gasteiger partial charge in [-0.3, -0.25) is 4.79 Å². The topological polar surface area (TPSA) is 103 Å². The summed E-state index contributed by atoms with van der Waals surface area (Å²) in [7, 11) is 0. The Hall–Kier alpha value is -4.11. The van der Waals surface area contributed by atoms with Gasteiger partial charge in [0.05, 0.1) is 24.1 Å². The molecule has 158 valence electrons. The van der Waals surface area contributed by atoms with E-state index in [2.05, 4.69) is 13.2 Å². The first kappa shape index (κ1) is 23.2. The van der Waals surface area contributed by atoms with Gasteiger partial charge in [0.2, 0.25) is 0 Å². The molecule has 2 aromatic carbocycles. The second-order valence-electron chi connectivity index (χ2n) is 6.61. The molecule has 0 fully saturated rings. The van der Waals surface area contributed by atoms with Crippen molar-refractivity contribution in [1.82, 2.24) is 0 Å². The summed E-state index contributed by atoms with van der Waals surface area (Å²) in [5, 5.41) is 26.0. The Kier molecular flexibility index (Phi) is 8.81. The number of hydrogen-bond acceptors (Lipinski definition) is 5. The lowest BCUT2D eigenvalue weighted by atomic mass is 9.97. The van der Waals surface area contributed by atoms with E-state index in [1.807, 2.05) is 30.3 Å². The van der Waals surface area contributed by atoms with Crippen LogP contribution >= 0.6 is 0 Å². The summed E-state index contributed by atoms with van der Waals surface area (Å²) in [6, 6.07) is 16.2. The van der Waals surface area contributed by atoms with Crippen LogP contribution in [0.25, 0.3) is 0 Å². The van der Waals surface area contributed by atoms with Gasteiger partial charge in [-0.2, -0.15) is 5.26 Å². The van der Waals surface area contributed by atoms with Crippen molar-refractivity contribution in [3.05, 3.63) is 96.6 Å². The molecule has 31 heavy (non-hydrogen) atoms. The zero-order valence-corrected chi connectivity index (χ0v) is 17.1. The average Bonchev–Trinajstić information content (AvgIpc) is 2.79. The number of carboxylic acids is 1. The van der Waals surface area contributed by atoms with Crippen LogP contribution in [0.2, 0.25) is 0 Å². The first-order valence-corrected chi connectivity index (χ1v) is 9.55. The summed E-state index contributed by atoms with van der Waals surface area (Å²) < 4.78 is 11.4. The number of nitrogens with zero attached hydrogens (tertiary/aromatic N) is 1. The Bertz CT molecular complexity index is 999. The molecule has 0 heterocycles. The third kappa shape index (κ3) is 7.33. The van der Waals surface area contributed by atoms with Gasteiger partial charge in [0.25, 0.3) is 0 Å². The number of rotatable bonds is 12. The molecule has 0 aliphatic rings. The number of benzene rings is 2. The van der Waals surface area contributed by atoms with Crippen LogP contribution in [-0.2, 0) is 11.4 Å². The molecule has 2 rings (SSSR count). The zero-order valence-electron chi connectivity index (χ0n) is 17.1. The van der Waals surface area contributed by atoms with E-state index in [1.165, 1.54) is 0 Å². The third-order valence-corrected chi connectivity index (χ3v) is 4.39. The third-order valence-electron chi connectivity index (χ3n) is 4.39. The highest BCUT2D eigenvalue weighted by Crippen LogP contribution is 2.23. The van der Waals surface area contributed by atoms with Gasteiger partial charge in [0.1, 0.15) is 24.7 Å². The van der Waals surface area contributed by atoms with Gasteiger partial charge < -0.3 is 20.0 Å². The van der Waals surface area contributed by atoms with Crippen LogP contribution in [0.5, 0.6) is 11.5 Å². The normalized spacial score (nSPS) is 11.6. The van der Waals surface area contributed by atoms with Crippen molar-refractivity contribution in [2.75, 3.05) is 6.61 Å². The minimum atomic E-state index is -1.01. The van der Waals surface area contributed by atoms with Crippen molar-refractivity contribution in [3.8, 4) is 17.6 Å². The van der Waals surface area contributed by atoms with Crippen LogP contribution in [0, 0.1) is 16.7 Å². The van der Waals surface area contributed by atoms with E-state index >= 15 is 0 Å². The number of nitriles is 1. The molecule has 6 heteroatoms. The molecule has 0 bridgehead atoms. The molecule has 0 saturated heterocycles. The zero-order chi connectivity index (χ0) is 22.6. The van der Waals surface area contributed by atoms with Crippen LogP contribution in [0.3, 0.4) is 0 Å². The number of nitrogens with one attached hydrogen (secondary N) is 1. The SMILES string of the molecule is C=C/C=C(\C=C)C(=N)COc1ccc(COc2ccc(C(C#N)CC(=O)O)cc2)cc1. The monoisotopic (exact) mass is 416 g/mol. The summed E-state index contributed by atoms with van der Waals surface area (Å²) in [6.07, 6.45) is 4.67. The quantitative estimate of drug-likeness (QED) is 0.372. The van der Waals surface area contributed by atoms with Crippen molar-refractivity contribution >= 4 is 11.7 Å². The number of ether oxygens (including phenoxy) is 2. The van der Waals surface area contributed by atoms with Gasteiger partial charge in [-0.1, -0.05) is 55.7 Å². The second-order valence-corrected chi connectivity index (χ2v) is 6.61. The molecule has 1 unspecified atom stereocenters. The van der Waals surface area contributed by atoms with Crippen molar-refractivity contribution in [3.63, 3.8) is 0 Å². The fourth-order valence-electron chi connectivity index (χ4n) is 2.72. The summed E-state index contributed by atoms with van der Waals surface area (Å²) in [5.41, 5.74) is 2.56. The highest BCUT2D eigenvalue weighted by molar-refractivity contribution is 6.01. The van der Waals surface area contributed by atoms with E-state index in [4.69, 9.17) is 25.3 Å². The van der Waals surface area contributed by atoms with Gasteiger partial charge in [0, 0.05) is 0 Å². The molecule has 0 saturated carbocycles. The van der Waals surface area contributed by atoms with Crippen LogP contribution < -0.4 is 9.47 Å². The van der Waals surface area contributed by atoms with E-state index in [9.17, 15) is 4.79 Å². The second kappa shape index (κ2) is 11.8. The lowest BCUT2D eigenvalue weighted by Gasteiger charge is -2.11. The van der Waals surface area contributed by atoms with Crippen molar-refractivity contribution < 1.29 is 19.4 Å². The van der Waals surface area contributed by atoms with Crippen LogP contribution in [0.1, 0.15) is 23.5 Å². The maximum Gasteiger partial charge on any atom is 0.305 e. The van der Waals surface area contributed by atoms with E-state index in [0.29, 0.717) is 35.0 Å². The lowest BCUT2D eigenvalue weighted by Crippen LogP contribution is -2.11. The van der Waals surface area contributed by atoms with E-state index < -0.39 is 11.9 Å². The molecule has 2 N–H and O–H groups in total. The molecular weight excluding hydrogens is 392 g/mol. The average molecular weight is 416 g/mol. The Balaban J connectivity index is 1.88. The molecule has 0 aromatic heterocycles. The highest BCUT2D eigenvalue weighted by atomic mass is 16.5. The number of hydrogen-bond donors (Lipinski definition) is 2. The Morgan fingerprint density at radius 1 is 1.10 bits per heavy atom. The minimum Gasteiger partial charge on any atom is -0.489 e. The van der Waals surface area contributed by atoms with Crippen LogP contribution in [0.15, 0.2) is 85.5 Å². The van der Waals surface area contributed by atoms with Gasteiger partial charge in [-0.25, -0.2) is 0 Å². The Morgan fingerprint density at radius 3 is 2.26 bits per heavy atom. The molecule has 0 spiro atoms. The summed E-state index contributed by atoms with van der Waals surface area (Å²) in [6.45, 7) is 7.76. The Morgan fingerprint density at radius 2 is 1.71 bits per heavy atom. The molecule has 0 aliphatic heterocycles. The largest absolute Gasteiger partial charge is 0.489 e. The Labute approximate surface area is 181 Å². The van der Waals surface area contributed by atoms with Crippen LogP contribution in [0.4, 0.5) is 0 Å². The van der Waals surface area contributed by atoms with Gasteiger partial charge >= 0.3 is 5.97 Å². The summed E-state index contributed by atoms with van der Waals surface area (Å²) >= 11 is 0. The molecule has 1 atom stereocenters. The minimum absolute atomic E-state index is 0.124. The number of carboxylic acid groups (broad SMARTS) is 1. The molecule has 0 amide bonds. The first-order valence-electron chi connectivity index (χ1n) is 9.55. The molecule has 0 radical (unpaired) electrons. The summed E-state index contributed by atoms with van der Waals surface area (Å²) in [4.78, 5) is 10.8. The van der Waals surface area contributed by atoms with Gasteiger partial charge in [-0.05, 0) is 41.0 Å². The van der Waals surface area contributed by atoms with Crippen molar-refractivity contribution in [2.45, 2.75) is 18.9 Å². The number of allylic oxidation sites excluding steroid dienone is 3. The molecule has 2 aromatic rings. The van der Waals surface area contributed by atoms with Crippen molar-refractivity contribution in [2.24, 2.45) is 0 Å². The maximum absolute atomic E-state index is 10.8. The lowest BCUT2D eigenvalue weighted by molar-refractivity contribution is -0.137.